The number of thiophene rings is 1. The van der Waals surface area contributed by atoms with Gasteiger partial charge in [-0.3, -0.25) is 0 Å². The summed E-state index contributed by atoms with van der Waals surface area (Å²) in [6.45, 7) is 4.28. The largest absolute Gasteiger partial charge is 0.508 e. The molecular weight excluding hydrogens is 332 g/mol. The number of aromatic hydroxyl groups is 1. The molecule has 0 amide bonds. The molecule has 0 saturated heterocycles. The van der Waals surface area contributed by atoms with E-state index in [1.54, 1.807) is 12.1 Å². The van der Waals surface area contributed by atoms with Crippen LogP contribution in [-0.2, 0) is 6.42 Å². The maximum Gasteiger partial charge on any atom is 0.182 e. The number of nitrogens with zero attached hydrogens (tertiary/aromatic N) is 4. The smallest absolute Gasteiger partial charge is 0.182 e. The van der Waals surface area contributed by atoms with Gasteiger partial charge in [-0.1, -0.05) is 6.92 Å². The number of phenols is 1. The lowest BCUT2D eigenvalue weighted by Crippen LogP contribution is -2.05. The molecule has 1 atom stereocenters. The fourth-order valence-corrected chi connectivity index (χ4v) is 5.19. The van der Waals surface area contributed by atoms with Crippen LogP contribution in [0.4, 0.5) is 0 Å². The van der Waals surface area contributed by atoms with E-state index in [0.29, 0.717) is 11.7 Å². The zero-order chi connectivity index (χ0) is 17.1. The fourth-order valence-electron chi connectivity index (χ4n) is 3.82. The van der Waals surface area contributed by atoms with Gasteiger partial charge in [-0.15, -0.1) is 16.4 Å². The van der Waals surface area contributed by atoms with E-state index >= 15 is 0 Å². The molecule has 1 aliphatic rings. The zero-order valence-electron chi connectivity index (χ0n) is 14.2. The Bertz CT molecular complexity index is 1110. The van der Waals surface area contributed by atoms with E-state index in [1.165, 1.54) is 28.7 Å². The highest BCUT2D eigenvalue weighted by Gasteiger charge is 2.26. The van der Waals surface area contributed by atoms with Gasteiger partial charge in [0.05, 0.1) is 5.39 Å². The number of aromatic nitrogens is 4. The summed E-state index contributed by atoms with van der Waals surface area (Å²) in [5.41, 5.74) is 3.22. The zero-order valence-corrected chi connectivity index (χ0v) is 15.0. The highest BCUT2D eigenvalue weighted by atomic mass is 32.1. The molecule has 0 aliphatic heterocycles. The van der Waals surface area contributed by atoms with Crippen LogP contribution in [0.25, 0.3) is 27.3 Å². The van der Waals surface area contributed by atoms with E-state index < -0.39 is 0 Å². The van der Waals surface area contributed by atoms with Gasteiger partial charge in [0.2, 0.25) is 0 Å². The summed E-state index contributed by atoms with van der Waals surface area (Å²) in [7, 11) is 0. The van der Waals surface area contributed by atoms with Crippen LogP contribution in [0, 0.1) is 6.92 Å². The molecule has 1 aliphatic carbocycles. The van der Waals surface area contributed by atoms with Crippen LogP contribution in [0.1, 0.15) is 41.9 Å². The van der Waals surface area contributed by atoms with Crippen molar-refractivity contribution in [3.8, 4) is 17.1 Å². The van der Waals surface area contributed by atoms with Crippen LogP contribution < -0.4 is 0 Å². The number of rotatable bonds is 1. The quantitative estimate of drug-likeness (QED) is 0.550. The summed E-state index contributed by atoms with van der Waals surface area (Å²) >= 11 is 1.81. The average Bonchev–Trinajstić information content (AvgIpc) is 3.17. The molecule has 5 rings (SSSR count). The molecule has 126 valence electrons. The second kappa shape index (κ2) is 5.26. The molecule has 6 heteroatoms. The first-order valence-corrected chi connectivity index (χ1v) is 9.41. The lowest BCUT2D eigenvalue weighted by molar-refractivity contribution is 0.475. The van der Waals surface area contributed by atoms with Crippen molar-refractivity contribution in [3.63, 3.8) is 0 Å². The summed E-state index contributed by atoms with van der Waals surface area (Å²) in [5.74, 6) is 2.31. The predicted octanol–water partition coefficient (Wildman–Crippen LogP) is 4.46. The van der Waals surface area contributed by atoms with Crippen LogP contribution in [0.3, 0.4) is 0 Å². The van der Waals surface area contributed by atoms with Gasteiger partial charge in [-0.2, -0.15) is 4.52 Å². The van der Waals surface area contributed by atoms with Gasteiger partial charge in [0.15, 0.2) is 11.5 Å². The van der Waals surface area contributed by atoms with Crippen LogP contribution >= 0.6 is 11.3 Å². The second-order valence-electron chi connectivity index (χ2n) is 6.79. The minimum absolute atomic E-state index is 0.244. The Morgan fingerprint density at radius 3 is 2.80 bits per heavy atom. The van der Waals surface area contributed by atoms with Gasteiger partial charge in [0, 0.05) is 10.4 Å². The van der Waals surface area contributed by atoms with Crippen molar-refractivity contribution in [1.29, 1.82) is 0 Å². The van der Waals surface area contributed by atoms with E-state index in [4.69, 9.17) is 9.97 Å². The Hall–Kier alpha value is -2.47. The molecule has 0 fully saturated rings. The third-order valence-corrected chi connectivity index (χ3v) is 6.22. The Balaban J connectivity index is 1.82. The first-order chi connectivity index (χ1) is 12.1. The van der Waals surface area contributed by atoms with E-state index in [1.807, 2.05) is 34.9 Å². The van der Waals surface area contributed by atoms with E-state index in [0.717, 1.165) is 28.3 Å². The predicted molar refractivity (Wildman–Crippen MR) is 99.4 cm³/mol. The molecule has 0 spiro atoms. The molecule has 0 unspecified atom stereocenters. The molecule has 1 N–H and O–H groups in total. The van der Waals surface area contributed by atoms with Gasteiger partial charge >= 0.3 is 0 Å². The van der Waals surface area contributed by atoms with Crippen molar-refractivity contribution in [1.82, 2.24) is 19.6 Å². The molecule has 4 aromatic rings. The summed E-state index contributed by atoms with van der Waals surface area (Å²) < 4.78 is 1.86. The molecule has 3 aromatic heterocycles. The van der Waals surface area contributed by atoms with Crippen LogP contribution in [0.2, 0.25) is 0 Å². The summed E-state index contributed by atoms with van der Waals surface area (Å²) in [6.07, 6.45) is 3.62. The lowest BCUT2D eigenvalue weighted by atomic mass is 9.87. The highest BCUT2D eigenvalue weighted by molar-refractivity contribution is 7.19. The van der Waals surface area contributed by atoms with Crippen molar-refractivity contribution >= 4 is 27.2 Å². The Morgan fingerprint density at radius 2 is 2.00 bits per heavy atom. The van der Waals surface area contributed by atoms with Gasteiger partial charge < -0.3 is 5.11 Å². The number of hydrogen-bond donors (Lipinski definition) is 1. The van der Waals surface area contributed by atoms with Crippen molar-refractivity contribution in [3.05, 3.63) is 40.5 Å². The molecule has 0 radical (unpaired) electrons. The van der Waals surface area contributed by atoms with E-state index in [-0.39, 0.29) is 5.75 Å². The first-order valence-electron chi connectivity index (χ1n) is 8.60. The normalized spacial score (nSPS) is 17.3. The molecule has 5 nitrogen and oxygen atoms in total. The Labute approximate surface area is 149 Å². The summed E-state index contributed by atoms with van der Waals surface area (Å²) in [4.78, 5) is 12.2. The molecule has 25 heavy (non-hydrogen) atoms. The SMILES string of the molecule is Cc1nc2sc3c(c2c2nc(-c4ccc(O)cc4)nn12)[C@@H](C)CCC3. The van der Waals surface area contributed by atoms with Crippen LogP contribution in [-0.4, -0.2) is 24.7 Å². The standard InChI is InChI=1S/C19H18N4OS/c1-10-4-3-5-14-15(10)16-18-21-17(12-6-8-13(24)9-7-12)22-23(18)11(2)20-19(16)25-14/h6-10,24H,3-5H2,1-2H3/t10-/m0/s1. The van der Waals surface area contributed by atoms with Gasteiger partial charge in [-0.25, -0.2) is 9.97 Å². The number of hydrogen-bond acceptors (Lipinski definition) is 5. The molecule has 0 saturated carbocycles. The van der Waals surface area contributed by atoms with Crippen molar-refractivity contribution in [2.24, 2.45) is 0 Å². The fraction of sp³-hybridized carbons (Fsp3) is 0.316. The monoisotopic (exact) mass is 350 g/mol. The highest BCUT2D eigenvalue weighted by Crippen LogP contribution is 2.43. The summed E-state index contributed by atoms with van der Waals surface area (Å²) in [6, 6.07) is 7.01. The maximum absolute atomic E-state index is 9.51. The maximum atomic E-state index is 9.51. The van der Waals surface area contributed by atoms with Gasteiger partial charge in [0.1, 0.15) is 16.4 Å². The summed E-state index contributed by atoms with van der Waals surface area (Å²) in [5, 5.41) is 15.4. The first kappa shape index (κ1) is 14.8. The second-order valence-corrected chi connectivity index (χ2v) is 7.87. The number of aryl methyl sites for hydroxylation is 2. The molecule has 3 heterocycles. The average molecular weight is 350 g/mol. The van der Waals surface area contributed by atoms with Gasteiger partial charge in [0.25, 0.3) is 0 Å². The molecule has 1 aromatic carbocycles. The molecule has 0 bridgehead atoms. The van der Waals surface area contributed by atoms with Gasteiger partial charge in [-0.05, 0) is 61.9 Å². The number of phenolic OH excluding ortho intramolecular Hbond substituents is 1. The minimum Gasteiger partial charge on any atom is -0.508 e. The third kappa shape index (κ3) is 2.17. The van der Waals surface area contributed by atoms with E-state index in [9.17, 15) is 5.11 Å². The van der Waals surface area contributed by atoms with Crippen LogP contribution in [0.15, 0.2) is 24.3 Å². The Morgan fingerprint density at radius 1 is 1.20 bits per heavy atom. The third-order valence-electron chi connectivity index (χ3n) is 5.06. The Kier molecular flexibility index (Phi) is 3.12. The number of fused-ring (bicyclic) bond motifs is 5. The number of benzene rings is 1. The van der Waals surface area contributed by atoms with Crippen molar-refractivity contribution in [2.45, 2.75) is 39.0 Å². The van der Waals surface area contributed by atoms with E-state index in [2.05, 4.69) is 12.0 Å². The van der Waals surface area contributed by atoms with Crippen molar-refractivity contribution < 1.29 is 5.11 Å². The van der Waals surface area contributed by atoms with Crippen molar-refractivity contribution in [2.75, 3.05) is 0 Å². The minimum atomic E-state index is 0.244. The van der Waals surface area contributed by atoms with Crippen LogP contribution in [0.5, 0.6) is 5.75 Å². The lowest BCUT2D eigenvalue weighted by Gasteiger charge is -2.18. The molecular formula is C19H18N4OS. The topological polar surface area (TPSA) is 63.3 Å².